The molecule has 1 saturated heterocycles. The molecular formula is C17H24FN3O3. The molecule has 2 rings (SSSR count). The Labute approximate surface area is 141 Å². The highest BCUT2D eigenvalue weighted by Crippen LogP contribution is 2.11. The normalized spacial score (nSPS) is 16.1. The molecular weight excluding hydrogens is 313 g/mol. The lowest BCUT2D eigenvalue weighted by Gasteiger charge is -2.35. The maximum Gasteiger partial charge on any atom is 0.227 e. The fourth-order valence-corrected chi connectivity index (χ4v) is 2.71. The number of hydrogen-bond acceptors (Lipinski definition) is 4. The average Bonchev–Trinajstić information content (AvgIpc) is 2.61. The predicted molar refractivity (Wildman–Crippen MR) is 87.7 cm³/mol. The standard InChI is InChI=1S/C17H24FN3O3/c1-24-14(12-19)11-17(23)21-8-6-20(7-9-21)16(22)10-13-4-2-3-5-15(13)18/h2-5,14H,6-12,19H2,1H3. The average molecular weight is 337 g/mol. The molecule has 1 heterocycles. The number of piperazine rings is 1. The zero-order valence-electron chi connectivity index (χ0n) is 13.9. The lowest BCUT2D eigenvalue weighted by Crippen LogP contribution is -2.51. The summed E-state index contributed by atoms with van der Waals surface area (Å²) in [6.45, 7) is 2.16. The molecule has 0 spiro atoms. The quantitative estimate of drug-likeness (QED) is 0.815. The third kappa shape index (κ3) is 4.75. The Kier molecular flexibility index (Phi) is 6.69. The van der Waals surface area contributed by atoms with Gasteiger partial charge in [0.15, 0.2) is 0 Å². The zero-order chi connectivity index (χ0) is 17.5. The van der Waals surface area contributed by atoms with Crippen LogP contribution in [-0.4, -0.2) is 67.6 Å². The summed E-state index contributed by atoms with van der Waals surface area (Å²) in [5.41, 5.74) is 5.92. The molecule has 1 atom stereocenters. The summed E-state index contributed by atoms with van der Waals surface area (Å²) in [4.78, 5) is 27.9. The van der Waals surface area contributed by atoms with E-state index in [1.54, 1.807) is 28.0 Å². The number of halogens is 1. The lowest BCUT2D eigenvalue weighted by atomic mass is 10.1. The molecule has 6 nitrogen and oxygen atoms in total. The van der Waals surface area contributed by atoms with Gasteiger partial charge in [0.1, 0.15) is 5.82 Å². The summed E-state index contributed by atoms with van der Waals surface area (Å²) in [5, 5.41) is 0. The van der Waals surface area contributed by atoms with Crippen molar-refractivity contribution in [3.8, 4) is 0 Å². The minimum absolute atomic E-state index is 0.0199. The maximum atomic E-state index is 13.6. The number of carbonyl (C=O) groups is 2. The Morgan fingerprint density at radius 3 is 2.29 bits per heavy atom. The number of nitrogens with zero attached hydrogens (tertiary/aromatic N) is 2. The van der Waals surface area contributed by atoms with Crippen LogP contribution in [0.3, 0.4) is 0 Å². The summed E-state index contributed by atoms with van der Waals surface area (Å²) in [6, 6.07) is 6.28. The van der Waals surface area contributed by atoms with Gasteiger partial charge >= 0.3 is 0 Å². The van der Waals surface area contributed by atoms with Gasteiger partial charge in [-0.25, -0.2) is 4.39 Å². The summed E-state index contributed by atoms with van der Waals surface area (Å²) in [6.07, 6.45) is 0.00799. The molecule has 1 unspecified atom stereocenters. The molecule has 1 aliphatic rings. The van der Waals surface area contributed by atoms with Crippen molar-refractivity contribution < 1.29 is 18.7 Å². The van der Waals surface area contributed by atoms with E-state index in [0.717, 1.165) is 0 Å². The van der Waals surface area contributed by atoms with E-state index in [1.807, 2.05) is 0 Å². The molecule has 0 bridgehead atoms. The van der Waals surface area contributed by atoms with Gasteiger partial charge in [-0.2, -0.15) is 0 Å². The highest BCUT2D eigenvalue weighted by molar-refractivity contribution is 5.80. The number of methoxy groups -OCH3 is 1. The molecule has 2 N–H and O–H groups in total. The Hall–Kier alpha value is -1.99. The first-order chi connectivity index (χ1) is 11.5. The maximum absolute atomic E-state index is 13.6. The molecule has 0 aromatic heterocycles. The van der Waals surface area contributed by atoms with Crippen molar-refractivity contribution in [3.63, 3.8) is 0 Å². The third-order valence-electron chi connectivity index (χ3n) is 4.28. The molecule has 1 aromatic carbocycles. The van der Waals surface area contributed by atoms with Crippen LogP contribution >= 0.6 is 0 Å². The van der Waals surface area contributed by atoms with E-state index in [9.17, 15) is 14.0 Å². The minimum Gasteiger partial charge on any atom is -0.380 e. The van der Waals surface area contributed by atoms with E-state index < -0.39 is 0 Å². The van der Waals surface area contributed by atoms with Crippen molar-refractivity contribution in [2.45, 2.75) is 18.9 Å². The van der Waals surface area contributed by atoms with Crippen molar-refractivity contribution in [1.29, 1.82) is 0 Å². The van der Waals surface area contributed by atoms with E-state index in [2.05, 4.69) is 0 Å². The SMILES string of the molecule is COC(CN)CC(=O)N1CCN(C(=O)Cc2ccccc2F)CC1. The molecule has 0 radical (unpaired) electrons. The predicted octanol–water partition coefficient (Wildman–Crippen LogP) is 0.403. The molecule has 7 heteroatoms. The molecule has 132 valence electrons. The first-order valence-electron chi connectivity index (χ1n) is 8.07. The van der Waals surface area contributed by atoms with Crippen LogP contribution in [0.1, 0.15) is 12.0 Å². The number of amides is 2. The topological polar surface area (TPSA) is 75.9 Å². The number of rotatable bonds is 6. The number of carbonyl (C=O) groups excluding carboxylic acids is 2. The Morgan fingerprint density at radius 1 is 1.17 bits per heavy atom. The van der Waals surface area contributed by atoms with E-state index in [1.165, 1.54) is 13.2 Å². The van der Waals surface area contributed by atoms with Gasteiger partial charge in [0, 0.05) is 39.8 Å². The third-order valence-corrected chi connectivity index (χ3v) is 4.28. The minimum atomic E-state index is -0.368. The van der Waals surface area contributed by atoms with Crippen molar-refractivity contribution in [2.24, 2.45) is 5.73 Å². The monoisotopic (exact) mass is 337 g/mol. The summed E-state index contributed by atoms with van der Waals surface area (Å²) in [5.74, 6) is -0.510. The van der Waals surface area contributed by atoms with Crippen LogP contribution < -0.4 is 5.73 Å². The van der Waals surface area contributed by atoms with Crippen LogP contribution in [0, 0.1) is 5.82 Å². The second kappa shape index (κ2) is 8.75. The summed E-state index contributed by atoms with van der Waals surface area (Å²) < 4.78 is 18.8. The molecule has 1 aliphatic heterocycles. The van der Waals surface area contributed by atoms with Crippen molar-refractivity contribution in [2.75, 3.05) is 39.8 Å². The van der Waals surface area contributed by atoms with Gasteiger partial charge in [-0.15, -0.1) is 0 Å². The molecule has 24 heavy (non-hydrogen) atoms. The van der Waals surface area contributed by atoms with Gasteiger partial charge in [-0.3, -0.25) is 9.59 Å². The molecule has 0 saturated carbocycles. The van der Waals surface area contributed by atoms with Gasteiger partial charge in [-0.1, -0.05) is 18.2 Å². The van der Waals surface area contributed by atoms with E-state index >= 15 is 0 Å². The van der Waals surface area contributed by atoms with Crippen molar-refractivity contribution in [1.82, 2.24) is 9.80 Å². The van der Waals surface area contributed by atoms with Crippen LogP contribution in [0.25, 0.3) is 0 Å². The van der Waals surface area contributed by atoms with Gasteiger partial charge in [0.25, 0.3) is 0 Å². The summed E-state index contributed by atoms with van der Waals surface area (Å²) in [7, 11) is 1.53. The van der Waals surface area contributed by atoms with E-state index in [-0.39, 0.29) is 36.6 Å². The lowest BCUT2D eigenvalue weighted by molar-refractivity contribution is -0.140. The highest BCUT2D eigenvalue weighted by atomic mass is 19.1. The Morgan fingerprint density at radius 2 is 1.75 bits per heavy atom. The first-order valence-corrected chi connectivity index (χ1v) is 8.07. The van der Waals surface area contributed by atoms with Crippen LogP contribution in [-0.2, 0) is 20.7 Å². The Bertz CT molecular complexity index is 570. The smallest absolute Gasteiger partial charge is 0.227 e. The molecule has 1 fully saturated rings. The van der Waals surface area contributed by atoms with Crippen LogP contribution in [0.15, 0.2) is 24.3 Å². The van der Waals surface area contributed by atoms with Crippen LogP contribution in [0.5, 0.6) is 0 Å². The van der Waals surface area contributed by atoms with Crippen molar-refractivity contribution in [3.05, 3.63) is 35.6 Å². The Balaban J connectivity index is 1.83. The molecule has 0 aliphatic carbocycles. The highest BCUT2D eigenvalue weighted by Gasteiger charge is 2.25. The number of hydrogen-bond donors (Lipinski definition) is 1. The number of nitrogens with two attached hydrogens (primary N) is 1. The van der Waals surface area contributed by atoms with E-state index in [0.29, 0.717) is 38.3 Å². The number of ether oxygens (including phenoxy) is 1. The fourth-order valence-electron chi connectivity index (χ4n) is 2.71. The van der Waals surface area contributed by atoms with Gasteiger partial charge in [0.2, 0.25) is 11.8 Å². The largest absolute Gasteiger partial charge is 0.380 e. The first kappa shape index (κ1) is 18.4. The number of benzene rings is 1. The second-order valence-corrected chi connectivity index (χ2v) is 5.83. The zero-order valence-corrected chi connectivity index (χ0v) is 13.9. The van der Waals surface area contributed by atoms with Gasteiger partial charge in [0.05, 0.1) is 18.9 Å². The van der Waals surface area contributed by atoms with Crippen LogP contribution in [0.2, 0.25) is 0 Å². The van der Waals surface area contributed by atoms with Crippen LogP contribution in [0.4, 0.5) is 4.39 Å². The second-order valence-electron chi connectivity index (χ2n) is 5.83. The van der Waals surface area contributed by atoms with Gasteiger partial charge in [-0.05, 0) is 11.6 Å². The molecule has 1 aromatic rings. The molecule has 2 amide bonds. The van der Waals surface area contributed by atoms with Crippen molar-refractivity contribution >= 4 is 11.8 Å². The fraction of sp³-hybridized carbons (Fsp3) is 0.529. The summed E-state index contributed by atoms with van der Waals surface area (Å²) >= 11 is 0. The van der Waals surface area contributed by atoms with Gasteiger partial charge < -0.3 is 20.3 Å². The van der Waals surface area contributed by atoms with E-state index in [4.69, 9.17) is 10.5 Å².